The van der Waals surface area contributed by atoms with Crippen LogP contribution in [0.2, 0.25) is 0 Å². The minimum absolute atomic E-state index is 0.157. The van der Waals surface area contributed by atoms with E-state index in [2.05, 4.69) is 20.3 Å². The number of morpholine rings is 1. The summed E-state index contributed by atoms with van der Waals surface area (Å²) in [6.07, 6.45) is -4.63. The first-order chi connectivity index (χ1) is 12.7. The number of alkyl halides is 3. The van der Waals surface area contributed by atoms with Crippen LogP contribution in [0.15, 0.2) is 18.2 Å². The third-order valence-corrected chi connectivity index (χ3v) is 3.71. The Labute approximate surface area is 151 Å². The number of phenolic OH excluding ortho intramolecular Hbond substituents is 1. The van der Waals surface area contributed by atoms with Gasteiger partial charge in [0.1, 0.15) is 5.75 Å². The molecule has 1 aromatic carbocycles. The average Bonchev–Trinajstić information content (AvgIpc) is 2.62. The number of nitrogens with zero attached hydrogens (tertiary/aromatic N) is 4. The van der Waals surface area contributed by atoms with Crippen LogP contribution in [0.25, 0.3) is 0 Å². The number of rotatable bonds is 3. The number of nitrogen functional groups attached to an aromatic ring is 1. The van der Waals surface area contributed by atoms with Gasteiger partial charge in [0.25, 0.3) is 5.91 Å². The van der Waals surface area contributed by atoms with Gasteiger partial charge in [0.15, 0.2) is 0 Å². The Balaban J connectivity index is 1.85. The monoisotopic (exact) mass is 384 g/mol. The lowest BCUT2D eigenvalue weighted by Crippen LogP contribution is -2.38. The minimum Gasteiger partial charge on any atom is -0.506 e. The summed E-state index contributed by atoms with van der Waals surface area (Å²) in [4.78, 5) is 25.8. The maximum absolute atomic E-state index is 12.8. The molecular weight excluding hydrogens is 369 g/mol. The Bertz CT molecular complexity index is 855. The van der Waals surface area contributed by atoms with Crippen molar-refractivity contribution in [2.75, 3.05) is 42.3 Å². The fourth-order valence-corrected chi connectivity index (χ4v) is 2.38. The van der Waals surface area contributed by atoms with E-state index in [0.717, 1.165) is 6.07 Å². The zero-order valence-corrected chi connectivity index (χ0v) is 13.8. The highest BCUT2D eigenvalue weighted by Crippen LogP contribution is 2.34. The molecule has 0 spiro atoms. The summed E-state index contributed by atoms with van der Waals surface area (Å²) in [7, 11) is 0. The average molecular weight is 384 g/mol. The number of phenols is 1. The van der Waals surface area contributed by atoms with E-state index in [1.54, 1.807) is 4.90 Å². The van der Waals surface area contributed by atoms with Crippen molar-refractivity contribution in [1.29, 1.82) is 0 Å². The smallest absolute Gasteiger partial charge is 0.416 e. The molecular formula is C15H15F3N6O3. The van der Waals surface area contributed by atoms with Crippen LogP contribution in [0.5, 0.6) is 5.75 Å². The molecule has 0 atom stereocenters. The van der Waals surface area contributed by atoms with Gasteiger partial charge in [0.05, 0.1) is 24.5 Å². The zero-order valence-electron chi connectivity index (χ0n) is 13.8. The molecule has 1 fully saturated rings. The normalized spacial score (nSPS) is 14.9. The minimum atomic E-state index is -4.63. The standard InChI is InChI=1S/C15H15F3N6O3/c16-15(17,18)8-1-2-10(25)9(7-8)20-12(26)11-21-13(19)23-14(22-11)24-3-5-27-6-4-24/h1-2,7,25H,3-6H2,(H,20,26)(H2,19,21,22,23). The van der Waals surface area contributed by atoms with Crippen LogP contribution in [0.4, 0.5) is 30.8 Å². The highest BCUT2D eigenvalue weighted by Gasteiger charge is 2.31. The number of nitrogens with two attached hydrogens (primary N) is 1. The van der Waals surface area contributed by atoms with Crippen molar-refractivity contribution in [2.45, 2.75) is 6.18 Å². The van der Waals surface area contributed by atoms with Gasteiger partial charge in [-0.2, -0.15) is 28.1 Å². The maximum atomic E-state index is 12.8. The molecule has 4 N–H and O–H groups in total. The molecule has 0 aliphatic carbocycles. The number of hydrogen-bond donors (Lipinski definition) is 3. The summed E-state index contributed by atoms with van der Waals surface area (Å²) in [5.41, 5.74) is 4.15. The molecule has 2 heterocycles. The third kappa shape index (κ3) is 4.34. The highest BCUT2D eigenvalue weighted by atomic mass is 19.4. The second-order valence-electron chi connectivity index (χ2n) is 5.60. The molecule has 0 bridgehead atoms. The van der Waals surface area contributed by atoms with Crippen molar-refractivity contribution < 1.29 is 27.8 Å². The van der Waals surface area contributed by atoms with Crippen LogP contribution in [0.3, 0.4) is 0 Å². The number of ether oxygens (including phenoxy) is 1. The van der Waals surface area contributed by atoms with E-state index in [9.17, 15) is 23.1 Å². The van der Waals surface area contributed by atoms with E-state index in [4.69, 9.17) is 10.5 Å². The summed E-state index contributed by atoms with van der Waals surface area (Å²) in [5.74, 6) is -1.92. The third-order valence-electron chi connectivity index (χ3n) is 3.71. The molecule has 0 radical (unpaired) electrons. The molecule has 1 saturated heterocycles. The summed E-state index contributed by atoms with van der Waals surface area (Å²) >= 11 is 0. The molecule has 3 rings (SSSR count). The summed E-state index contributed by atoms with van der Waals surface area (Å²) < 4.78 is 43.7. The van der Waals surface area contributed by atoms with Gasteiger partial charge in [0, 0.05) is 13.1 Å². The van der Waals surface area contributed by atoms with Crippen molar-refractivity contribution in [3.63, 3.8) is 0 Å². The molecule has 1 amide bonds. The van der Waals surface area contributed by atoms with Gasteiger partial charge < -0.3 is 25.8 Å². The second kappa shape index (κ2) is 7.23. The Morgan fingerprint density at radius 2 is 1.93 bits per heavy atom. The van der Waals surface area contributed by atoms with Gasteiger partial charge in [0.2, 0.25) is 17.7 Å². The predicted octanol–water partition coefficient (Wildman–Crippen LogP) is 1.27. The molecule has 12 heteroatoms. The Morgan fingerprint density at radius 1 is 1.22 bits per heavy atom. The lowest BCUT2D eigenvalue weighted by atomic mass is 10.2. The number of anilines is 3. The molecule has 1 aromatic heterocycles. The highest BCUT2D eigenvalue weighted by molar-refractivity contribution is 6.02. The largest absolute Gasteiger partial charge is 0.506 e. The summed E-state index contributed by atoms with van der Waals surface area (Å²) in [5, 5.41) is 11.9. The molecule has 2 aromatic rings. The Hall–Kier alpha value is -3.15. The van der Waals surface area contributed by atoms with Crippen LogP contribution >= 0.6 is 0 Å². The van der Waals surface area contributed by atoms with Crippen molar-refractivity contribution in [2.24, 2.45) is 0 Å². The number of aromatic hydroxyl groups is 1. The first-order valence-electron chi connectivity index (χ1n) is 7.80. The molecule has 0 unspecified atom stereocenters. The van der Waals surface area contributed by atoms with E-state index in [1.165, 1.54) is 0 Å². The number of nitrogens with one attached hydrogen (secondary N) is 1. The molecule has 9 nitrogen and oxygen atoms in total. The second-order valence-corrected chi connectivity index (χ2v) is 5.60. The first kappa shape index (κ1) is 18.6. The van der Waals surface area contributed by atoms with Gasteiger partial charge >= 0.3 is 6.18 Å². The molecule has 0 saturated carbocycles. The molecule has 1 aliphatic rings. The lowest BCUT2D eigenvalue weighted by Gasteiger charge is -2.26. The van der Waals surface area contributed by atoms with Crippen molar-refractivity contribution in [3.8, 4) is 5.75 Å². The number of hydrogen-bond acceptors (Lipinski definition) is 8. The van der Waals surface area contributed by atoms with Gasteiger partial charge in [-0.3, -0.25) is 4.79 Å². The fraction of sp³-hybridized carbons (Fsp3) is 0.333. The van der Waals surface area contributed by atoms with Crippen molar-refractivity contribution >= 4 is 23.5 Å². The van der Waals surface area contributed by atoms with E-state index in [1.807, 2.05) is 0 Å². The number of aromatic nitrogens is 3. The SMILES string of the molecule is Nc1nc(C(=O)Nc2cc(C(F)(F)F)ccc2O)nc(N2CCOCC2)n1. The van der Waals surface area contributed by atoms with Gasteiger partial charge in [-0.25, -0.2) is 0 Å². The molecule has 144 valence electrons. The van der Waals surface area contributed by atoms with E-state index < -0.39 is 29.1 Å². The molecule has 27 heavy (non-hydrogen) atoms. The number of benzene rings is 1. The predicted molar refractivity (Wildman–Crippen MR) is 88.3 cm³/mol. The van der Waals surface area contributed by atoms with Gasteiger partial charge in [-0.05, 0) is 18.2 Å². The number of carbonyl (C=O) groups excluding carboxylic acids is 1. The van der Waals surface area contributed by atoms with Crippen molar-refractivity contribution in [1.82, 2.24) is 15.0 Å². The van der Waals surface area contributed by atoms with Crippen LogP contribution in [-0.2, 0) is 10.9 Å². The van der Waals surface area contributed by atoms with Crippen LogP contribution in [-0.4, -0.2) is 52.3 Å². The summed E-state index contributed by atoms with van der Waals surface area (Å²) in [6, 6.07) is 2.14. The quantitative estimate of drug-likeness (QED) is 0.676. The number of carbonyl (C=O) groups is 1. The molecule has 1 aliphatic heterocycles. The lowest BCUT2D eigenvalue weighted by molar-refractivity contribution is -0.137. The number of halogens is 3. The topological polar surface area (TPSA) is 126 Å². The van der Waals surface area contributed by atoms with Crippen LogP contribution < -0.4 is 16.0 Å². The Morgan fingerprint density at radius 3 is 2.59 bits per heavy atom. The van der Waals surface area contributed by atoms with Gasteiger partial charge in [-0.1, -0.05) is 0 Å². The first-order valence-corrected chi connectivity index (χ1v) is 7.80. The Kier molecular flexibility index (Phi) is 4.99. The number of amides is 1. The summed E-state index contributed by atoms with van der Waals surface area (Å²) in [6.45, 7) is 1.87. The fourth-order valence-electron chi connectivity index (χ4n) is 2.38. The van der Waals surface area contributed by atoms with E-state index >= 15 is 0 Å². The van der Waals surface area contributed by atoms with E-state index in [-0.39, 0.29) is 17.7 Å². The van der Waals surface area contributed by atoms with Gasteiger partial charge in [-0.15, -0.1) is 0 Å². The van der Waals surface area contributed by atoms with E-state index in [0.29, 0.717) is 38.4 Å². The maximum Gasteiger partial charge on any atom is 0.416 e. The van der Waals surface area contributed by atoms with Crippen molar-refractivity contribution in [3.05, 3.63) is 29.6 Å². The van der Waals surface area contributed by atoms with Crippen LogP contribution in [0, 0.1) is 0 Å². The van der Waals surface area contributed by atoms with Crippen LogP contribution in [0.1, 0.15) is 16.2 Å². The zero-order chi connectivity index (χ0) is 19.6.